The van der Waals surface area contributed by atoms with Crippen LogP contribution in [-0.4, -0.2) is 78.0 Å². The summed E-state index contributed by atoms with van der Waals surface area (Å²) in [6, 6.07) is 6.24. The molecule has 1 aliphatic heterocycles. The lowest BCUT2D eigenvalue weighted by Crippen LogP contribution is -2.50. The number of nitrogens with zero attached hydrogens (tertiary/aromatic N) is 3. The Hall–Kier alpha value is -3.38. The second-order valence-corrected chi connectivity index (χ2v) is 13.7. The third kappa shape index (κ3) is 7.10. The van der Waals surface area contributed by atoms with Crippen LogP contribution < -0.4 is 9.46 Å². The van der Waals surface area contributed by atoms with Crippen molar-refractivity contribution in [3.8, 4) is 5.88 Å². The van der Waals surface area contributed by atoms with Crippen LogP contribution in [0.15, 0.2) is 41.4 Å². The summed E-state index contributed by atoms with van der Waals surface area (Å²) in [7, 11) is -3.81. The predicted octanol–water partition coefficient (Wildman–Crippen LogP) is 3.76. The maximum atomic E-state index is 13.9. The lowest BCUT2D eigenvalue weighted by molar-refractivity contribution is -0.137. The summed E-state index contributed by atoms with van der Waals surface area (Å²) >= 11 is 6.21. The molecule has 2 aromatic rings. The lowest BCUT2D eigenvalue weighted by atomic mass is 10.1. The van der Waals surface area contributed by atoms with Crippen molar-refractivity contribution < 1.29 is 32.3 Å². The molecule has 1 saturated carbocycles. The van der Waals surface area contributed by atoms with Gasteiger partial charge in [0.25, 0.3) is 10.0 Å². The number of fused-ring (bicyclic) bond motifs is 1. The van der Waals surface area contributed by atoms with Crippen molar-refractivity contribution >= 4 is 50.3 Å². The van der Waals surface area contributed by atoms with E-state index in [2.05, 4.69) is 9.71 Å². The Morgan fingerprint density at radius 3 is 2.59 bits per heavy atom. The van der Waals surface area contributed by atoms with E-state index in [1.54, 1.807) is 44.0 Å². The normalized spacial score (nSPS) is 20.4. The quantitative estimate of drug-likeness (QED) is 0.457. The number of halogens is 1. The average Bonchev–Trinajstić information content (AvgIpc) is 3.80. The van der Waals surface area contributed by atoms with Crippen LogP contribution in [-0.2, 0) is 24.3 Å². The molecule has 1 saturated heterocycles. The van der Waals surface area contributed by atoms with Gasteiger partial charge in [-0.25, -0.2) is 22.9 Å². The van der Waals surface area contributed by atoms with E-state index in [9.17, 15) is 22.8 Å². The predicted molar refractivity (Wildman–Crippen MR) is 152 cm³/mol. The van der Waals surface area contributed by atoms with Crippen molar-refractivity contribution in [2.75, 3.05) is 13.1 Å². The van der Waals surface area contributed by atoms with Gasteiger partial charge < -0.3 is 14.4 Å². The van der Waals surface area contributed by atoms with Crippen LogP contribution in [0.5, 0.6) is 5.88 Å². The molecule has 2 unspecified atom stereocenters. The summed E-state index contributed by atoms with van der Waals surface area (Å²) in [5, 5.41) is 2.12. The van der Waals surface area contributed by atoms with Gasteiger partial charge in [0, 0.05) is 48.5 Å². The van der Waals surface area contributed by atoms with E-state index in [-0.39, 0.29) is 42.8 Å². The number of rotatable bonds is 9. The van der Waals surface area contributed by atoms with Gasteiger partial charge in [-0.05, 0) is 57.2 Å². The molecule has 3 amide bonds. The van der Waals surface area contributed by atoms with Gasteiger partial charge in [-0.1, -0.05) is 23.7 Å². The van der Waals surface area contributed by atoms with E-state index >= 15 is 0 Å². The molecular formula is C28H33ClN4O7S. The molecule has 41 heavy (non-hydrogen) atoms. The molecule has 5 rings (SSSR count). The Labute approximate surface area is 243 Å². The zero-order valence-corrected chi connectivity index (χ0v) is 24.7. The first-order valence-corrected chi connectivity index (χ1v) is 15.4. The van der Waals surface area contributed by atoms with Crippen molar-refractivity contribution in [3.63, 3.8) is 0 Å². The van der Waals surface area contributed by atoms with Gasteiger partial charge in [0.2, 0.25) is 17.7 Å². The van der Waals surface area contributed by atoms with Gasteiger partial charge in [-0.2, -0.15) is 0 Å². The summed E-state index contributed by atoms with van der Waals surface area (Å²) in [4.78, 5) is 47.1. The topological polar surface area (TPSA) is 135 Å². The zero-order chi connectivity index (χ0) is 29.5. The lowest BCUT2D eigenvalue weighted by Gasteiger charge is -2.31. The highest BCUT2D eigenvalue weighted by molar-refractivity contribution is 7.94. The van der Waals surface area contributed by atoms with E-state index in [4.69, 9.17) is 21.1 Å². The standard InChI is InChI=1S/C28H33ClN4O7S/c1-28(2,3)40-27(36)33-16-20(39-25-22-14-18(29)5-4-17(22)10-12-30-25)15-23(33)26(35)32(19-6-7-19)13-11-24(34)31-41(37,38)21-8-9-21/h4-5,8,10,12,14,19-20,23H,6-7,9,11,13,15-16H2,1-3H3,(H,31,34). The average molecular weight is 605 g/mol. The number of hydrogen-bond donors (Lipinski definition) is 1. The smallest absolute Gasteiger partial charge is 0.411 e. The molecule has 1 aromatic carbocycles. The van der Waals surface area contributed by atoms with E-state index in [0.717, 1.165) is 18.2 Å². The van der Waals surface area contributed by atoms with E-state index < -0.39 is 39.8 Å². The number of hydrogen-bond acceptors (Lipinski definition) is 8. The summed E-state index contributed by atoms with van der Waals surface area (Å²) in [5.41, 5.74) is -0.783. The number of ether oxygens (including phenoxy) is 2. The Kier molecular flexibility index (Phi) is 7.90. The van der Waals surface area contributed by atoms with Gasteiger partial charge in [0.1, 0.15) is 17.7 Å². The van der Waals surface area contributed by atoms with Crippen molar-refractivity contribution in [2.24, 2.45) is 0 Å². The summed E-state index contributed by atoms with van der Waals surface area (Å²) in [6.45, 7) is 5.36. The molecule has 2 heterocycles. The molecule has 220 valence electrons. The number of allylic oxidation sites excluding steroid dienone is 2. The molecule has 1 N–H and O–H groups in total. The minimum absolute atomic E-state index is 0.0253. The van der Waals surface area contributed by atoms with Crippen LogP contribution in [0, 0.1) is 0 Å². The summed E-state index contributed by atoms with van der Waals surface area (Å²) < 4.78 is 38.1. The Morgan fingerprint density at radius 1 is 1.20 bits per heavy atom. The highest BCUT2D eigenvalue weighted by atomic mass is 35.5. The number of nitrogens with one attached hydrogen (secondary N) is 1. The van der Waals surface area contributed by atoms with Crippen LogP contribution in [0.2, 0.25) is 5.02 Å². The molecule has 11 nitrogen and oxygen atoms in total. The van der Waals surface area contributed by atoms with Crippen LogP contribution in [0.3, 0.4) is 0 Å². The second-order valence-electron chi connectivity index (χ2n) is 11.5. The number of pyridine rings is 1. The molecule has 2 atom stereocenters. The van der Waals surface area contributed by atoms with Gasteiger partial charge in [0.05, 0.1) is 11.4 Å². The Morgan fingerprint density at radius 2 is 1.93 bits per heavy atom. The Balaban J connectivity index is 1.33. The number of aromatic nitrogens is 1. The fraction of sp³-hybridized carbons (Fsp3) is 0.500. The minimum Gasteiger partial charge on any atom is -0.472 e. The van der Waals surface area contributed by atoms with E-state index in [0.29, 0.717) is 22.7 Å². The van der Waals surface area contributed by atoms with Crippen molar-refractivity contribution in [1.29, 1.82) is 0 Å². The molecule has 2 aliphatic carbocycles. The third-order valence-corrected chi connectivity index (χ3v) is 8.72. The number of benzene rings is 1. The van der Waals surface area contributed by atoms with Gasteiger partial charge in [0.15, 0.2) is 0 Å². The largest absolute Gasteiger partial charge is 0.472 e. The summed E-state index contributed by atoms with van der Waals surface area (Å²) in [5.74, 6) is -0.678. The van der Waals surface area contributed by atoms with E-state index in [1.165, 1.54) is 11.0 Å². The molecule has 13 heteroatoms. The SMILES string of the molecule is CC(C)(C)OC(=O)N1CC(Oc2nccc3ccc(Cl)cc23)CC1C(=O)N(CCC(=O)NS(=O)(=O)C1=CC1)C1CC1. The van der Waals surface area contributed by atoms with Crippen molar-refractivity contribution in [2.45, 2.75) is 76.7 Å². The monoisotopic (exact) mass is 604 g/mol. The van der Waals surface area contributed by atoms with Crippen molar-refractivity contribution in [1.82, 2.24) is 19.5 Å². The maximum Gasteiger partial charge on any atom is 0.411 e. The Bertz CT molecular complexity index is 1520. The minimum atomic E-state index is -3.81. The fourth-order valence-electron chi connectivity index (χ4n) is 4.80. The van der Waals surface area contributed by atoms with Crippen LogP contribution in [0.4, 0.5) is 4.79 Å². The number of likely N-dealkylation sites (tertiary alicyclic amines) is 1. The molecule has 0 bridgehead atoms. The van der Waals surface area contributed by atoms with Crippen LogP contribution >= 0.6 is 11.6 Å². The van der Waals surface area contributed by atoms with Gasteiger partial charge in [-0.3, -0.25) is 14.5 Å². The van der Waals surface area contributed by atoms with E-state index in [1.807, 2.05) is 12.1 Å². The molecule has 0 spiro atoms. The fourth-order valence-corrected chi connectivity index (χ4v) is 6.03. The van der Waals surface area contributed by atoms with Crippen molar-refractivity contribution in [3.05, 3.63) is 46.5 Å². The van der Waals surface area contributed by atoms with Crippen LogP contribution in [0.1, 0.15) is 52.9 Å². The third-order valence-electron chi connectivity index (χ3n) is 6.96. The molecule has 0 radical (unpaired) electrons. The number of carbonyl (C=O) groups excluding carboxylic acids is 3. The molecule has 3 aliphatic rings. The van der Waals surface area contributed by atoms with Gasteiger partial charge >= 0.3 is 6.09 Å². The molecular weight excluding hydrogens is 572 g/mol. The first kappa shape index (κ1) is 29.1. The van der Waals surface area contributed by atoms with Crippen LogP contribution in [0.25, 0.3) is 10.8 Å². The first-order valence-electron chi connectivity index (χ1n) is 13.6. The summed E-state index contributed by atoms with van der Waals surface area (Å²) in [6.07, 6.45) is 3.79. The first-order chi connectivity index (χ1) is 19.3. The zero-order valence-electron chi connectivity index (χ0n) is 23.1. The highest BCUT2D eigenvalue weighted by Gasteiger charge is 2.46. The number of carbonyl (C=O) groups is 3. The van der Waals surface area contributed by atoms with Gasteiger partial charge in [-0.15, -0.1) is 0 Å². The molecule has 1 aromatic heterocycles. The maximum absolute atomic E-state index is 13.9. The number of amides is 3. The molecule has 2 fully saturated rings. The number of sulfonamides is 1. The second kappa shape index (κ2) is 11.1. The highest BCUT2D eigenvalue weighted by Crippen LogP contribution is 2.33.